The lowest BCUT2D eigenvalue weighted by Crippen LogP contribution is -2.43. The maximum Gasteiger partial charge on any atom is 0.322 e. The van der Waals surface area contributed by atoms with Crippen LogP contribution in [0, 0.1) is 17.3 Å². The predicted octanol–water partition coefficient (Wildman–Crippen LogP) is 0.837. The summed E-state index contributed by atoms with van der Waals surface area (Å²) in [5.74, 6) is -2.75. The van der Waals surface area contributed by atoms with Crippen LogP contribution in [-0.2, 0) is 38.1 Å². The van der Waals surface area contributed by atoms with Gasteiger partial charge in [-0.3, -0.25) is 24.1 Å². The monoisotopic (exact) mass is 487 g/mol. The van der Waals surface area contributed by atoms with Gasteiger partial charge in [-0.2, -0.15) is 0 Å². The molecule has 3 aliphatic rings. The van der Waals surface area contributed by atoms with Crippen molar-refractivity contribution in [2.75, 3.05) is 33.5 Å². The minimum Gasteiger partial charge on any atom is -0.463 e. The number of alkyl halides is 1. The second-order valence-corrected chi connectivity index (χ2v) is 10.5. The van der Waals surface area contributed by atoms with Crippen LogP contribution in [-0.4, -0.2) is 78.7 Å². The number of fused-ring (bicyclic) bond motifs is 5. The highest BCUT2D eigenvalue weighted by atomic mass is 79.9. The number of hydrogen-bond donors (Lipinski definition) is 0. The molecule has 2 amide bonds. The number of rotatable bonds is 9. The molecule has 0 saturated carbocycles. The van der Waals surface area contributed by atoms with Gasteiger partial charge in [0.2, 0.25) is 11.8 Å². The van der Waals surface area contributed by atoms with Crippen LogP contribution in [0.5, 0.6) is 0 Å². The Hall–Kier alpha value is -1.78. The highest BCUT2D eigenvalue weighted by Crippen LogP contribution is 2.44. The van der Waals surface area contributed by atoms with Crippen molar-refractivity contribution >= 4 is 39.7 Å². The molecule has 2 fully saturated rings. The summed E-state index contributed by atoms with van der Waals surface area (Å²) in [6, 6.07) is 0. The lowest BCUT2D eigenvalue weighted by atomic mass is 9.85. The number of carbonyl (C=O) groups is 4. The van der Waals surface area contributed by atoms with Crippen LogP contribution in [0.3, 0.4) is 0 Å². The Morgan fingerprint density at radius 3 is 2.10 bits per heavy atom. The Bertz CT molecular complexity index is 745. The van der Waals surface area contributed by atoms with Crippen LogP contribution in [0.2, 0.25) is 0 Å². The molecule has 166 valence electrons. The summed E-state index contributed by atoms with van der Waals surface area (Å²) in [6.45, 7) is 4.38. The van der Waals surface area contributed by atoms with E-state index in [1.807, 2.05) is 12.2 Å². The summed E-state index contributed by atoms with van der Waals surface area (Å²) >= 11 is 3.21. The summed E-state index contributed by atoms with van der Waals surface area (Å²) in [5, 5.41) is 0. The summed E-state index contributed by atoms with van der Waals surface area (Å²) in [4.78, 5) is 51.0. The molecule has 0 aromatic heterocycles. The third-order valence-corrected chi connectivity index (χ3v) is 5.84. The molecular weight excluding hydrogens is 462 g/mol. The van der Waals surface area contributed by atoms with Gasteiger partial charge in [-0.1, -0.05) is 28.1 Å². The van der Waals surface area contributed by atoms with Gasteiger partial charge in [0.05, 0.1) is 37.2 Å². The van der Waals surface area contributed by atoms with E-state index in [0.29, 0.717) is 0 Å². The molecule has 5 atom stereocenters. The van der Waals surface area contributed by atoms with Gasteiger partial charge >= 0.3 is 11.9 Å². The lowest BCUT2D eigenvalue weighted by Gasteiger charge is -2.27. The fourth-order valence-corrected chi connectivity index (χ4v) is 3.98. The van der Waals surface area contributed by atoms with E-state index < -0.39 is 33.5 Å². The first-order valence-electron chi connectivity index (χ1n) is 9.71. The Morgan fingerprint density at radius 2 is 1.60 bits per heavy atom. The van der Waals surface area contributed by atoms with E-state index >= 15 is 0 Å². The van der Waals surface area contributed by atoms with Crippen LogP contribution in [0.25, 0.3) is 0 Å². The molecule has 0 spiro atoms. The highest BCUT2D eigenvalue weighted by Gasteiger charge is 2.60. The molecule has 3 aliphatic heterocycles. The van der Waals surface area contributed by atoms with Crippen LogP contribution in [0.1, 0.15) is 20.8 Å². The Balaban J connectivity index is 1.54. The van der Waals surface area contributed by atoms with E-state index in [0.717, 1.165) is 4.90 Å². The number of imide groups is 1. The van der Waals surface area contributed by atoms with E-state index in [1.54, 1.807) is 20.8 Å². The maximum absolute atomic E-state index is 12.6. The fraction of sp³-hybridized carbons (Fsp3) is 0.700. The average Bonchev–Trinajstić information content (AvgIpc) is 3.35. The highest BCUT2D eigenvalue weighted by molar-refractivity contribution is 9.10. The fourth-order valence-electron chi connectivity index (χ4n) is 3.86. The second-order valence-electron chi connectivity index (χ2n) is 8.51. The quantitative estimate of drug-likeness (QED) is 0.203. The molecule has 5 unspecified atom stereocenters. The molecule has 3 rings (SSSR count). The molecule has 9 nitrogen and oxygen atoms in total. The van der Waals surface area contributed by atoms with Crippen molar-refractivity contribution < 1.29 is 38.1 Å². The number of likely N-dealkylation sites (tertiary alicyclic amines) is 1. The second kappa shape index (κ2) is 8.39. The smallest absolute Gasteiger partial charge is 0.322 e. The first-order chi connectivity index (χ1) is 14.0. The van der Waals surface area contributed by atoms with Crippen LogP contribution in [0.4, 0.5) is 0 Å². The van der Waals surface area contributed by atoms with Gasteiger partial charge in [0, 0.05) is 7.11 Å². The molecule has 2 bridgehead atoms. The first kappa shape index (κ1) is 22.9. The zero-order valence-corrected chi connectivity index (χ0v) is 19.0. The van der Waals surface area contributed by atoms with Crippen molar-refractivity contribution in [1.29, 1.82) is 0 Å². The minimum absolute atomic E-state index is 0.0279. The summed E-state index contributed by atoms with van der Waals surface area (Å²) in [6.07, 6.45) is 2.91. The van der Waals surface area contributed by atoms with Gasteiger partial charge in [0.15, 0.2) is 0 Å². The van der Waals surface area contributed by atoms with E-state index in [4.69, 9.17) is 18.9 Å². The van der Waals surface area contributed by atoms with E-state index in [-0.39, 0.29) is 50.4 Å². The van der Waals surface area contributed by atoms with E-state index in [9.17, 15) is 19.2 Å². The summed E-state index contributed by atoms with van der Waals surface area (Å²) in [7, 11) is 1.42. The molecular formula is C20H26BrNO8. The third kappa shape index (κ3) is 4.17. The molecule has 0 aliphatic carbocycles. The number of hydrogen-bond acceptors (Lipinski definition) is 8. The van der Waals surface area contributed by atoms with Crippen molar-refractivity contribution in [3.05, 3.63) is 12.2 Å². The molecule has 0 aromatic carbocycles. The number of methoxy groups -OCH3 is 1. The van der Waals surface area contributed by atoms with Crippen molar-refractivity contribution in [2.24, 2.45) is 17.3 Å². The number of halogens is 1. The molecule has 0 N–H and O–H groups in total. The normalized spacial score (nSPS) is 29.2. The predicted molar refractivity (Wildman–Crippen MR) is 106 cm³/mol. The third-order valence-electron chi connectivity index (χ3n) is 5.51. The minimum atomic E-state index is -1.23. The van der Waals surface area contributed by atoms with Crippen molar-refractivity contribution in [2.45, 2.75) is 37.3 Å². The number of nitrogens with zero attached hydrogens (tertiary/aromatic N) is 1. The Labute approximate surface area is 183 Å². The van der Waals surface area contributed by atoms with Crippen molar-refractivity contribution in [3.63, 3.8) is 0 Å². The summed E-state index contributed by atoms with van der Waals surface area (Å²) < 4.78 is 20.3. The molecule has 10 heteroatoms. The Morgan fingerprint density at radius 1 is 1.03 bits per heavy atom. The number of carbonyl (C=O) groups excluding carboxylic acids is 4. The van der Waals surface area contributed by atoms with Crippen molar-refractivity contribution in [3.8, 4) is 0 Å². The SMILES string of the molecule is COCC(C)(COC(=O)C(C)(C)Br)C(=O)OCCN1C(=O)C2C3C=CC(O3)C2C1=O. The maximum atomic E-state index is 12.6. The van der Waals surface area contributed by atoms with Gasteiger partial charge in [0.25, 0.3) is 0 Å². The molecule has 0 aromatic rings. The van der Waals surface area contributed by atoms with Crippen molar-refractivity contribution in [1.82, 2.24) is 4.90 Å². The van der Waals surface area contributed by atoms with Gasteiger partial charge in [-0.25, -0.2) is 0 Å². The molecule has 3 heterocycles. The zero-order chi connectivity index (χ0) is 22.3. The van der Waals surface area contributed by atoms with Crippen LogP contribution in [0.15, 0.2) is 12.2 Å². The Kier molecular flexibility index (Phi) is 6.41. The number of amides is 2. The standard InChI is InChI=1S/C20H26BrNO8/c1-19(2,21)17(25)29-10-20(3,9-27-4)18(26)28-8-7-22-15(23)13-11-5-6-12(30-11)14(13)16(22)24/h5-6,11-14H,7-10H2,1-4H3. The molecule has 2 saturated heterocycles. The van der Waals surface area contributed by atoms with Gasteiger partial charge in [-0.05, 0) is 20.8 Å². The lowest BCUT2D eigenvalue weighted by molar-refractivity contribution is -0.168. The molecule has 30 heavy (non-hydrogen) atoms. The zero-order valence-electron chi connectivity index (χ0n) is 17.4. The van der Waals surface area contributed by atoms with Crippen LogP contribution < -0.4 is 0 Å². The largest absolute Gasteiger partial charge is 0.463 e. The first-order valence-corrected chi connectivity index (χ1v) is 10.5. The summed E-state index contributed by atoms with van der Waals surface area (Å²) in [5.41, 5.74) is -1.23. The topological polar surface area (TPSA) is 108 Å². The van der Waals surface area contributed by atoms with E-state index in [1.165, 1.54) is 7.11 Å². The van der Waals surface area contributed by atoms with Gasteiger partial charge in [-0.15, -0.1) is 0 Å². The van der Waals surface area contributed by atoms with Gasteiger partial charge < -0.3 is 18.9 Å². The van der Waals surface area contributed by atoms with Gasteiger partial charge in [0.1, 0.15) is 23.0 Å². The van der Waals surface area contributed by atoms with E-state index in [2.05, 4.69) is 15.9 Å². The average molecular weight is 488 g/mol. The number of ether oxygens (including phenoxy) is 4. The van der Waals surface area contributed by atoms with Crippen LogP contribution >= 0.6 is 15.9 Å². The molecule has 0 radical (unpaired) electrons. The number of esters is 2.